The average Bonchev–Trinajstić information content (AvgIpc) is 2.40. The van der Waals surface area contributed by atoms with Crippen LogP contribution in [-0.4, -0.2) is 7.11 Å². The van der Waals surface area contributed by atoms with E-state index >= 15 is 0 Å². The molecule has 0 spiro atoms. The van der Waals surface area contributed by atoms with Crippen LogP contribution < -0.4 is 4.74 Å². The zero-order valence-corrected chi connectivity index (χ0v) is 12.1. The van der Waals surface area contributed by atoms with Gasteiger partial charge in [-0.15, -0.1) is 0 Å². The Labute approximate surface area is 119 Å². The van der Waals surface area contributed by atoms with Gasteiger partial charge in [0, 0.05) is 14.3 Å². The zero-order chi connectivity index (χ0) is 13.0. The maximum Gasteiger partial charge on any atom is 0.118 e. The van der Waals surface area contributed by atoms with Crippen molar-refractivity contribution in [2.24, 2.45) is 0 Å². The molecule has 4 heteroatoms. The highest BCUT2D eigenvalue weighted by Crippen LogP contribution is 2.33. The maximum atomic E-state index is 9.07. The van der Waals surface area contributed by atoms with Crippen molar-refractivity contribution in [3.05, 3.63) is 52.5 Å². The van der Waals surface area contributed by atoms with Crippen LogP contribution >= 0.6 is 27.7 Å². The van der Waals surface area contributed by atoms with Gasteiger partial charge in [-0.05, 0) is 42.5 Å². The molecule has 2 rings (SSSR count). The molecule has 2 aromatic carbocycles. The molecule has 0 radical (unpaired) electrons. The fourth-order valence-electron chi connectivity index (χ4n) is 1.44. The molecule has 2 nitrogen and oxygen atoms in total. The summed E-state index contributed by atoms with van der Waals surface area (Å²) in [5, 5.41) is 9.07. The third-order valence-electron chi connectivity index (χ3n) is 2.35. The predicted octanol–water partition coefficient (Wildman–Crippen LogP) is 4.48. The Morgan fingerprint density at radius 1 is 1.17 bits per heavy atom. The SMILES string of the molecule is COc1ccc(Sc2cc(Br)ccc2C#N)cc1. The lowest BCUT2D eigenvalue weighted by atomic mass is 10.2. The highest BCUT2D eigenvalue weighted by atomic mass is 79.9. The monoisotopic (exact) mass is 319 g/mol. The van der Waals surface area contributed by atoms with Crippen LogP contribution in [0.5, 0.6) is 5.75 Å². The molecule has 0 N–H and O–H groups in total. The molecule has 0 aliphatic carbocycles. The van der Waals surface area contributed by atoms with Crippen LogP contribution in [0.2, 0.25) is 0 Å². The van der Waals surface area contributed by atoms with E-state index in [1.807, 2.05) is 42.5 Å². The lowest BCUT2D eigenvalue weighted by molar-refractivity contribution is 0.414. The molecule has 0 saturated heterocycles. The van der Waals surface area contributed by atoms with Crippen LogP contribution in [0, 0.1) is 11.3 Å². The fraction of sp³-hybridized carbons (Fsp3) is 0.0714. The summed E-state index contributed by atoms with van der Waals surface area (Å²) in [6.45, 7) is 0. The molecule has 0 atom stereocenters. The van der Waals surface area contributed by atoms with E-state index in [4.69, 9.17) is 10.00 Å². The van der Waals surface area contributed by atoms with Crippen molar-refractivity contribution in [1.29, 1.82) is 5.26 Å². The van der Waals surface area contributed by atoms with E-state index in [1.165, 1.54) is 0 Å². The number of hydrogen-bond acceptors (Lipinski definition) is 3. The first-order valence-electron chi connectivity index (χ1n) is 5.24. The molecule has 0 fully saturated rings. The predicted molar refractivity (Wildman–Crippen MR) is 76.0 cm³/mol. The van der Waals surface area contributed by atoms with Crippen molar-refractivity contribution < 1.29 is 4.74 Å². The van der Waals surface area contributed by atoms with Gasteiger partial charge in [0.25, 0.3) is 0 Å². The standard InChI is InChI=1S/C14H10BrNOS/c1-17-12-4-6-13(7-5-12)18-14-8-11(15)3-2-10(14)9-16/h2-8H,1H3. The van der Waals surface area contributed by atoms with Gasteiger partial charge in [-0.3, -0.25) is 0 Å². The van der Waals surface area contributed by atoms with Crippen molar-refractivity contribution in [1.82, 2.24) is 0 Å². The largest absolute Gasteiger partial charge is 0.497 e. The molecular weight excluding hydrogens is 310 g/mol. The molecule has 18 heavy (non-hydrogen) atoms. The van der Waals surface area contributed by atoms with Gasteiger partial charge in [-0.2, -0.15) is 5.26 Å². The summed E-state index contributed by atoms with van der Waals surface area (Å²) in [6.07, 6.45) is 0. The zero-order valence-electron chi connectivity index (χ0n) is 9.68. The van der Waals surface area contributed by atoms with Crippen molar-refractivity contribution in [2.75, 3.05) is 7.11 Å². The molecule has 0 saturated carbocycles. The first-order chi connectivity index (χ1) is 8.72. The molecule has 0 aromatic heterocycles. The summed E-state index contributed by atoms with van der Waals surface area (Å²) in [6, 6.07) is 15.6. The molecule has 90 valence electrons. The van der Waals surface area contributed by atoms with Gasteiger partial charge in [0.2, 0.25) is 0 Å². The van der Waals surface area contributed by atoms with E-state index < -0.39 is 0 Å². The summed E-state index contributed by atoms with van der Waals surface area (Å²) in [5.74, 6) is 0.828. The third kappa shape index (κ3) is 3.06. The number of benzene rings is 2. The third-order valence-corrected chi connectivity index (χ3v) is 3.91. The number of halogens is 1. The summed E-state index contributed by atoms with van der Waals surface area (Å²) in [4.78, 5) is 2.02. The van der Waals surface area contributed by atoms with Gasteiger partial charge in [0.05, 0.1) is 12.7 Å². The molecule has 0 heterocycles. The number of nitrogens with zero attached hydrogens (tertiary/aromatic N) is 1. The summed E-state index contributed by atoms with van der Waals surface area (Å²) in [7, 11) is 1.64. The van der Waals surface area contributed by atoms with Gasteiger partial charge >= 0.3 is 0 Å². The van der Waals surface area contributed by atoms with Crippen molar-refractivity contribution in [3.63, 3.8) is 0 Å². The highest BCUT2D eigenvalue weighted by Gasteiger charge is 2.05. The van der Waals surface area contributed by atoms with Gasteiger partial charge in [0.1, 0.15) is 11.8 Å². The van der Waals surface area contributed by atoms with Gasteiger partial charge in [0.15, 0.2) is 0 Å². The normalized spacial score (nSPS) is 9.83. The second-order valence-corrected chi connectivity index (χ2v) is 5.56. The first kappa shape index (κ1) is 13.0. The lowest BCUT2D eigenvalue weighted by Gasteiger charge is -2.05. The van der Waals surface area contributed by atoms with Gasteiger partial charge in [-0.25, -0.2) is 0 Å². The first-order valence-corrected chi connectivity index (χ1v) is 6.85. The molecule has 2 aromatic rings. The quantitative estimate of drug-likeness (QED) is 0.836. The Morgan fingerprint density at radius 2 is 1.89 bits per heavy atom. The number of ether oxygens (including phenoxy) is 1. The second kappa shape index (κ2) is 5.94. The van der Waals surface area contributed by atoms with Crippen LogP contribution in [0.4, 0.5) is 0 Å². The fourth-order valence-corrected chi connectivity index (χ4v) is 2.89. The van der Waals surface area contributed by atoms with Crippen LogP contribution in [0.1, 0.15) is 5.56 Å². The molecule has 0 unspecified atom stereocenters. The van der Waals surface area contributed by atoms with E-state index in [0.717, 1.165) is 20.0 Å². The topological polar surface area (TPSA) is 33.0 Å². The van der Waals surface area contributed by atoms with E-state index in [-0.39, 0.29) is 0 Å². The minimum absolute atomic E-state index is 0.680. The van der Waals surface area contributed by atoms with Gasteiger partial charge < -0.3 is 4.74 Å². The lowest BCUT2D eigenvalue weighted by Crippen LogP contribution is -1.83. The summed E-state index contributed by atoms with van der Waals surface area (Å²) in [5.41, 5.74) is 0.680. The van der Waals surface area contributed by atoms with Crippen LogP contribution in [0.25, 0.3) is 0 Å². The van der Waals surface area contributed by atoms with Gasteiger partial charge in [-0.1, -0.05) is 27.7 Å². The molecule has 0 aliphatic heterocycles. The Hall–Kier alpha value is -1.44. The maximum absolute atomic E-state index is 9.07. The van der Waals surface area contributed by atoms with Crippen LogP contribution in [0.15, 0.2) is 56.7 Å². The second-order valence-electron chi connectivity index (χ2n) is 3.53. The summed E-state index contributed by atoms with van der Waals surface area (Å²) >= 11 is 4.98. The van der Waals surface area contributed by atoms with E-state index in [0.29, 0.717) is 5.56 Å². The minimum Gasteiger partial charge on any atom is -0.497 e. The number of methoxy groups -OCH3 is 1. The highest BCUT2D eigenvalue weighted by molar-refractivity contribution is 9.10. The molecule has 0 aliphatic rings. The van der Waals surface area contributed by atoms with E-state index in [1.54, 1.807) is 18.9 Å². The number of nitriles is 1. The van der Waals surface area contributed by atoms with Crippen molar-refractivity contribution >= 4 is 27.7 Å². The molecule has 0 bridgehead atoms. The Morgan fingerprint density at radius 3 is 2.50 bits per heavy atom. The average molecular weight is 320 g/mol. The summed E-state index contributed by atoms with van der Waals surface area (Å²) < 4.78 is 6.08. The van der Waals surface area contributed by atoms with Crippen molar-refractivity contribution in [3.8, 4) is 11.8 Å². The van der Waals surface area contributed by atoms with E-state index in [2.05, 4.69) is 22.0 Å². The Bertz CT molecular complexity index is 590. The number of rotatable bonds is 3. The Kier molecular flexibility index (Phi) is 4.29. The van der Waals surface area contributed by atoms with Crippen LogP contribution in [0.3, 0.4) is 0 Å². The van der Waals surface area contributed by atoms with Crippen molar-refractivity contribution in [2.45, 2.75) is 9.79 Å². The number of hydrogen-bond donors (Lipinski definition) is 0. The van der Waals surface area contributed by atoms with E-state index in [9.17, 15) is 0 Å². The Balaban J connectivity index is 2.27. The molecule has 0 amide bonds. The smallest absolute Gasteiger partial charge is 0.118 e. The minimum atomic E-state index is 0.680. The van der Waals surface area contributed by atoms with Crippen LogP contribution in [-0.2, 0) is 0 Å². The molecular formula is C14H10BrNOS.